The number of aromatic nitrogens is 1. The van der Waals surface area contributed by atoms with Gasteiger partial charge in [-0.3, -0.25) is 21.7 Å². The SMILES string of the molecule is CC(=N)N.NNCC(O)(c1ccc(F)cc1F)C(F)(F)c1ccc(-c2ccc([O-])cc2)cn1.[K+]. The maximum absolute atomic E-state index is 15.2. The first-order chi connectivity index (χ1) is 15.4. The maximum atomic E-state index is 15.2. The number of amidine groups is 1. The van der Waals surface area contributed by atoms with Crippen LogP contribution in [0.5, 0.6) is 5.75 Å². The molecule has 1 aromatic heterocycles. The van der Waals surface area contributed by atoms with E-state index in [2.05, 4.69) is 4.98 Å². The van der Waals surface area contributed by atoms with E-state index in [1.807, 2.05) is 5.43 Å². The molecular formula is C22H22F4KN5O2. The van der Waals surface area contributed by atoms with Crippen LogP contribution in [-0.4, -0.2) is 22.5 Å². The van der Waals surface area contributed by atoms with E-state index < -0.39 is 41.0 Å². The predicted molar refractivity (Wildman–Crippen MR) is 113 cm³/mol. The average Bonchev–Trinajstić information content (AvgIpc) is 2.74. The summed E-state index contributed by atoms with van der Waals surface area (Å²) in [6.07, 6.45) is 1.14. The topological polar surface area (TPSA) is 144 Å². The van der Waals surface area contributed by atoms with Gasteiger partial charge in [0.25, 0.3) is 0 Å². The molecule has 7 nitrogen and oxygen atoms in total. The Morgan fingerprint density at radius 3 is 2.12 bits per heavy atom. The van der Waals surface area contributed by atoms with Gasteiger partial charge in [0.15, 0.2) is 5.60 Å². The third-order valence-electron chi connectivity index (χ3n) is 4.53. The molecule has 0 aliphatic carbocycles. The fourth-order valence-corrected chi connectivity index (χ4v) is 2.96. The number of aliphatic hydroxyl groups is 1. The zero-order chi connectivity index (χ0) is 24.8. The van der Waals surface area contributed by atoms with Crippen molar-refractivity contribution in [1.29, 1.82) is 5.41 Å². The maximum Gasteiger partial charge on any atom is 1.00 e. The summed E-state index contributed by atoms with van der Waals surface area (Å²) in [7, 11) is 0. The van der Waals surface area contributed by atoms with Crippen LogP contribution in [-0.2, 0) is 11.5 Å². The van der Waals surface area contributed by atoms with E-state index in [0.29, 0.717) is 17.2 Å². The second-order valence-corrected chi connectivity index (χ2v) is 7.08. The molecule has 0 fully saturated rings. The summed E-state index contributed by atoms with van der Waals surface area (Å²) in [6.45, 7) is 0.594. The van der Waals surface area contributed by atoms with Gasteiger partial charge in [-0.2, -0.15) is 8.78 Å². The number of rotatable bonds is 6. The van der Waals surface area contributed by atoms with Crippen LogP contribution in [0.4, 0.5) is 17.6 Å². The standard InChI is InChI=1S/C20H17F4N3O2.C2H6N2.K/c21-14-4-7-16(17(22)9-14)19(29,11-27-25)20(23,24)18-8-3-13(10-26-18)12-1-5-15(28)6-2-12;1-2(3)4;/h1-10,27-29H,11,25H2;1H3,(H3,3,4);/q;;+1/p-1. The molecule has 1 unspecified atom stereocenters. The molecule has 12 heteroatoms. The molecule has 0 amide bonds. The van der Waals surface area contributed by atoms with Crippen LogP contribution < -0.4 is 73.5 Å². The van der Waals surface area contributed by atoms with Gasteiger partial charge >= 0.3 is 57.3 Å². The number of halogens is 4. The van der Waals surface area contributed by atoms with Crippen LogP contribution in [0.25, 0.3) is 11.1 Å². The van der Waals surface area contributed by atoms with Crippen molar-refractivity contribution < 1.29 is 79.2 Å². The van der Waals surface area contributed by atoms with Crippen LogP contribution in [0.2, 0.25) is 0 Å². The molecule has 3 rings (SSSR count). The number of hydrogen-bond donors (Lipinski definition) is 5. The Morgan fingerprint density at radius 1 is 1.09 bits per heavy atom. The van der Waals surface area contributed by atoms with Crippen LogP contribution >= 0.6 is 0 Å². The number of alkyl halides is 2. The number of hydrogen-bond acceptors (Lipinski definition) is 6. The first-order valence-electron chi connectivity index (χ1n) is 9.46. The van der Waals surface area contributed by atoms with Gasteiger partial charge in [0.05, 0.1) is 5.84 Å². The Hall–Kier alpha value is -1.90. The minimum atomic E-state index is -4.09. The van der Waals surface area contributed by atoms with Crippen LogP contribution in [0, 0.1) is 17.0 Å². The molecular weight excluding hydrogens is 481 g/mol. The molecule has 176 valence electrons. The van der Waals surface area contributed by atoms with Crippen molar-refractivity contribution >= 4 is 5.84 Å². The molecule has 0 radical (unpaired) electrons. The quantitative estimate of drug-likeness (QED) is 0.0766. The van der Waals surface area contributed by atoms with Crippen LogP contribution in [0.15, 0.2) is 60.8 Å². The summed E-state index contributed by atoms with van der Waals surface area (Å²) in [5.74, 6) is -1.32. The molecule has 3 aromatic rings. The average molecular weight is 504 g/mol. The zero-order valence-corrected chi connectivity index (χ0v) is 21.6. The van der Waals surface area contributed by atoms with Crippen molar-refractivity contribution in [3.05, 3.63) is 83.7 Å². The fourth-order valence-electron chi connectivity index (χ4n) is 2.96. The Kier molecular flexibility index (Phi) is 11.3. The third-order valence-corrected chi connectivity index (χ3v) is 4.53. The molecule has 1 heterocycles. The number of benzene rings is 2. The zero-order valence-electron chi connectivity index (χ0n) is 18.4. The summed E-state index contributed by atoms with van der Waals surface area (Å²) >= 11 is 0. The Balaban J connectivity index is 0.00000107. The van der Waals surface area contributed by atoms with Crippen molar-refractivity contribution in [2.24, 2.45) is 11.6 Å². The summed E-state index contributed by atoms with van der Waals surface area (Å²) in [5, 5.41) is 28.2. The summed E-state index contributed by atoms with van der Waals surface area (Å²) < 4.78 is 57.8. The largest absolute Gasteiger partial charge is 1.00 e. The smallest absolute Gasteiger partial charge is 0.872 e. The number of nitrogens with two attached hydrogens (primary N) is 2. The molecule has 0 spiro atoms. The normalized spacial score (nSPS) is 12.6. The van der Waals surface area contributed by atoms with E-state index >= 15 is 8.78 Å². The number of nitrogens with one attached hydrogen (secondary N) is 2. The van der Waals surface area contributed by atoms with Gasteiger partial charge in [0.2, 0.25) is 0 Å². The third kappa shape index (κ3) is 7.05. The second-order valence-electron chi connectivity index (χ2n) is 7.08. The minimum absolute atomic E-state index is 0. The molecule has 0 saturated heterocycles. The molecule has 1 atom stereocenters. The van der Waals surface area contributed by atoms with Crippen molar-refractivity contribution in [2.75, 3.05) is 6.54 Å². The number of hydrazine groups is 1. The monoisotopic (exact) mass is 503 g/mol. The summed E-state index contributed by atoms with van der Waals surface area (Å²) in [5.41, 5.74) is 2.83. The van der Waals surface area contributed by atoms with Crippen LogP contribution in [0.1, 0.15) is 18.2 Å². The Bertz CT molecular complexity index is 1100. The van der Waals surface area contributed by atoms with Gasteiger partial charge in [0, 0.05) is 29.9 Å². The van der Waals surface area contributed by atoms with E-state index in [4.69, 9.17) is 17.0 Å². The van der Waals surface area contributed by atoms with Crippen molar-refractivity contribution in [3.63, 3.8) is 0 Å². The van der Waals surface area contributed by atoms with E-state index in [-0.39, 0.29) is 63.0 Å². The molecule has 2 aromatic carbocycles. The van der Waals surface area contributed by atoms with E-state index in [1.54, 1.807) is 0 Å². The number of nitrogens with zero attached hydrogens (tertiary/aromatic N) is 1. The fraction of sp³-hybridized carbons (Fsp3) is 0.182. The number of pyridine rings is 1. The van der Waals surface area contributed by atoms with Crippen molar-refractivity contribution in [2.45, 2.75) is 18.4 Å². The molecule has 0 saturated carbocycles. The van der Waals surface area contributed by atoms with Gasteiger partial charge < -0.3 is 15.9 Å². The first kappa shape index (κ1) is 30.1. The summed E-state index contributed by atoms with van der Waals surface area (Å²) in [6, 6.07) is 9.85. The second kappa shape index (κ2) is 12.7. The molecule has 0 bridgehead atoms. The molecule has 0 aliphatic heterocycles. The minimum Gasteiger partial charge on any atom is -0.872 e. The van der Waals surface area contributed by atoms with Gasteiger partial charge in [-0.1, -0.05) is 36.4 Å². The van der Waals surface area contributed by atoms with Gasteiger partial charge in [-0.25, -0.2) is 8.78 Å². The summed E-state index contributed by atoms with van der Waals surface area (Å²) in [4.78, 5) is 3.72. The van der Waals surface area contributed by atoms with Crippen LogP contribution in [0.3, 0.4) is 0 Å². The Labute approximate surface area is 236 Å². The van der Waals surface area contributed by atoms with Gasteiger partial charge in [-0.05, 0) is 24.6 Å². The van der Waals surface area contributed by atoms with Gasteiger partial charge in [-0.15, -0.1) is 5.75 Å². The molecule has 34 heavy (non-hydrogen) atoms. The molecule has 7 N–H and O–H groups in total. The Morgan fingerprint density at radius 2 is 1.65 bits per heavy atom. The van der Waals surface area contributed by atoms with Crippen molar-refractivity contribution in [3.8, 4) is 16.9 Å². The van der Waals surface area contributed by atoms with E-state index in [0.717, 1.165) is 24.4 Å². The van der Waals surface area contributed by atoms with E-state index in [1.165, 1.54) is 37.3 Å². The first-order valence-corrected chi connectivity index (χ1v) is 9.46. The van der Waals surface area contributed by atoms with E-state index in [9.17, 15) is 19.0 Å². The van der Waals surface area contributed by atoms with Crippen molar-refractivity contribution in [1.82, 2.24) is 10.4 Å². The van der Waals surface area contributed by atoms with Gasteiger partial charge in [0.1, 0.15) is 17.3 Å². The molecule has 0 aliphatic rings. The predicted octanol–water partition coefficient (Wildman–Crippen LogP) is -0.510.